The SMILES string of the molecule is CN=C(NCCc1ccccc1Cl)NCC(C)C(=O)OC.I. The number of rotatable bonds is 6. The Morgan fingerprint density at radius 1 is 1.36 bits per heavy atom. The smallest absolute Gasteiger partial charge is 0.310 e. The predicted octanol–water partition coefficient (Wildman–Crippen LogP) is 2.47. The quantitative estimate of drug-likeness (QED) is 0.309. The third-order valence-electron chi connectivity index (χ3n) is 3.05. The predicted molar refractivity (Wildman–Crippen MR) is 101 cm³/mol. The summed E-state index contributed by atoms with van der Waals surface area (Å²) in [6.07, 6.45) is 0.799. The molecule has 0 aliphatic heterocycles. The summed E-state index contributed by atoms with van der Waals surface area (Å²) < 4.78 is 4.68. The fraction of sp³-hybridized carbons (Fsp3) is 0.467. The van der Waals surface area contributed by atoms with Crippen LogP contribution in [-0.2, 0) is 16.0 Å². The van der Waals surface area contributed by atoms with Crippen LogP contribution >= 0.6 is 35.6 Å². The molecule has 1 atom stereocenters. The van der Waals surface area contributed by atoms with E-state index >= 15 is 0 Å². The van der Waals surface area contributed by atoms with Gasteiger partial charge in [0.05, 0.1) is 13.0 Å². The molecule has 5 nitrogen and oxygen atoms in total. The zero-order valence-electron chi connectivity index (χ0n) is 13.1. The van der Waals surface area contributed by atoms with Crippen molar-refractivity contribution in [2.75, 3.05) is 27.2 Å². The van der Waals surface area contributed by atoms with Crippen molar-refractivity contribution in [3.63, 3.8) is 0 Å². The van der Waals surface area contributed by atoms with Gasteiger partial charge in [0.15, 0.2) is 5.96 Å². The fourth-order valence-electron chi connectivity index (χ4n) is 1.77. The Labute approximate surface area is 153 Å². The molecule has 0 saturated carbocycles. The largest absolute Gasteiger partial charge is 0.469 e. The minimum absolute atomic E-state index is 0. The summed E-state index contributed by atoms with van der Waals surface area (Å²) in [5.74, 6) is 0.184. The summed E-state index contributed by atoms with van der Waals surface area (Å²) in [5.41, 5.74) is 1.09. The summed E-state index contributed by atoms with van der Waals surface area (Å²) in [5, 5.41) is 7.04. The van der Waals surface area contributed by atoms with E-state index in [1.807, 2.05) is 24.3 Å². The second kappa shape index (κ2) is 11.5. The van der Waals surface area contributed by atoms with Crippen LogP contribution in [0.15, 0.2) is 29.3 Å². The third kappa shape index (κ3) is 7.31. The number of hydrogen-bond donors (Lipinski definition) is 2. The monoisotopic (exact) mass is 439 g/mol. The number of ether oxygens (including phenoxy) is 1. The van der Waals surface area contributed by atoms with Crippen molar-refractivity contribution in [2.24, 2.45) is 10.9 Å². The highest BCUT2D eigenvalue weighted by Gasteiger charge is 2.13. The first-order valence-corrected chi connectivity index (χ1v) is 7.22. The Balaban J connectivity index is 0.00000441. The Hall–Kier alpha value is -1.02. The summed E-state index contributed by atoms with van der Waals surface area (Å²) in [7, 11) is 3.07. The van der Waals surface area contributed by atoms with E-state index in [9.17, 15) is 4.79 Å². The van der Waals surface area contributed by atoms with Gasteiger partial charge < -0.3 is 15.4 Å². The number of aliphatic imine (C=N–C) groups is 1. The topological polar surface area (TPSA) is 62.7 Å². The van der Waals surface area contributed by atoms with Crippen LogP contribution in [-0.4, -0.2) is 39.2 Å². The number of benzene rings is 1. The van der Waals surface area contributed by atoms with E-state index in [0.717, 1.165) is 17.0 Å². The van der Waals surface area contributed by atoms with Gasteiger partial charge in [0.25, 0.3) is 0 Å². The first-order valence-electron chi connectivity index (χ1n) is 6.84. The maximum Gasteiger partial charge on any atom is 0.310 e. The molecule has 1 unspecified atom stereocenters. The van der Waals surface area contributed by atoms with Crippen LogP contribution < -0.4 is 10.6 Å². The van der Waals surface area contributed by atoms with Gasteiger partial charge in [-0.25, -0.2) is 0 Å². The number of methoxy groups -OCH3 is 1. The minimum atomic E-state index is -0.242. The van der Waals surface area contributed by atoms with E-state index in [2.05, 4.69) is 20.4 Å². The number of halogens is 2. The van der Waals surface area contributed by atoms with Gasteiger partial charge >= 0.3 is 5.97 Å². The first kappa shape index (κ1) is 21.0. The van der Waals surface area contributed by atoms with E-state index in [0.29, 0.717) is 19.0 Å². The van der Waals surface area contributed by atoms with E-state index in [1.165, 1.54) is 7.11 Å². The molecule has 22 heavy (non-hydrogen) atoms. The summed E-state index contributed by atoms with van der Waals surface area (Å²) in [6.45, 7) is 2.98. The Bertz CT molecular complexity index is 497. The molecule has 0 fully saturated rings. The molecule has 0 saturated heterocycles. The average molecular weight is 440 g/mol. The molecule has 0 aliphatic carbocycles. The zero-order chi connectivity index (χ0) is 15.7. The highest BCUT2D eigenvalue weighted by molar-refractivity contribution is 14.0. The lowest BCUT2D eigenvalue weighted by molar-refractivity contribution is -0.144. The normalized spacial score (nSPS) is 12.1. The van der Waals surface area contributed by atoms with Crippen molar-refractivity contribution < 1.29 is 9.53 Å². The van der Waals surface area contributed by atoms with Gasteiger partial charge in [0, 0.05) is 25.2 Å². The van der Waals surface area contributed by atoms with E-state index < -0.39 is 0 Å². The van der Waals surface area contributed by atoms with Crippen LogP contribution in [0.1, 0.15) is 12.5 Å². The lowest BCUT2D eigenvalue weighted by Crippen LogP contribution is -2.41. The number of carbonyl (C=O) groups excluding carboxylic acids is 1. The number of nitrogens with zero attached hydrogens (tertiary/aromatic N) is 1. The van der Waals surface area contributed by atoms with Crippen molar-refractivity contribution in [3.8, 4) is 0 Å². The standard InChI is InChI=1S/C15H22ClN3O2.HI/c1-11(14(20)21-3)10-19-15(17-2)18-9-8-12-6-4-5-7-13(12)16;/h4-7,11H,8-10H2,1-3H3,(H2,17,18,19);1H. The van der Waals surface area contributed by atoms with Crippen LogP contribution in [0.3, 0.4) is 0 Å². The van der Waals surface area contributed by atoms with Crippen molar-refractivity contribution in [1.82, 2.24) is 10.6 Å². The van der Waals surface area contributed by atoms with Crippen molar-refractivity contribution in [1.29, 1.82) is 0 Å². The van der Waals surface area contributed by atoms with Gasteiger partial charge in [-0.05, 0) is 18.1 Å². The number of carbonyl (C=O) groups is 1. The highest BCUT2D eigenvalue weighted by Crippen LogP contribution is 2.14. The summed E-state index contributed by atoms with van der Waals surface area (Å²) in [6, 6.07) is 7.75. The van der Waals surface area contributed by atoms with E-state index in [-0.39, 0.29) is 35.9 Å². The van der Waals surface area contributed by atoms with Crippen LogP contribution in [0.4, 0.5) is 0 Å². The molecule has 0 bridgehead atoms. The van der Waals surface area contributed by atoms with Gasteiger partial charge in [-0.3, -0.25) is 9.79 Å². The van der Waals surface area contributed by atoms with Gasteiger partial charge in [0.2, 0.25) is 0 Å². The van der Waals surface area contributed by atoms with Crippen LogP contribution in [0.5, 0.6) is 0 Å². The lowest BCUT2D eigenvalue weighted by Gasteiger charge is -2.14. The van der Waals surface area contributed by atoms with Gasteiger partial charge in [-0.15, -0.1) is 24.0 Å². The number of guanidine groups is 1. The van der Waals surface area contributed by atoms with Crippen LogP contribution in [0.2, 0.25) is 5.02 Å². The Morgan fingerprint density at radius 2 is 2.05 bits per heavy atom. The molecule has 0 aliphatic rings. The molecule has 0 aromatic heterocycles. The second-order valence-corrected chi connectivity index (χ2v) is 5.05. The number of nitrogens with one attached hydrogen (secondary N) is 2. The fourth-order valence-corrected chi connectivity index (χ4v) is 2.00. The molecule has 0 heterocycles. The third-order valence-corrected chi connectivity index (χ3v) is 3.42. The van der Waals surface area contributed by atoms with Gasteiger partial charge in [0.1, 0.15) is 0 Å². The Kier molecular flexibility index (Phi) is 11.0. The highest BCUT2D eigenvalue weighted by atomic mass is 127. The molecule has 7 heteroatoms. The van der Waals surface area contributed by atoms with E-state index in [1.54, 1.807) is 14.0 Å². The molecule has 1 rings (SSSR count). The number of hydrogen-bond acceptors (Lipinski definition) is 3. The summed E-state index contributed by atoms with van der Waals surface area (Å²) >= 11 is 6.10. The molecule has 1 aromatic carbocycles. The first-order chi connectivity index (χ1) is 10.1. The molecular formula is C15H23ClIN3O2. The molecule has 124 valence electrons. The van der Waals surface area contributed by atoms with Gasteiger partial charge in [-0.1, -0.05) is 36.7 Å². The maximum atomic E-state index is 11.3. The molecule has 0 radical (unpaired) electrons. The number of esters is 1. The van der Waals surface area contributed by atoms with E-state index in [4.69, 9.17) is 11.6 Å². The molecule has 0 amide bonds. The van der Waals surface area contributed by atoms with Crippen molar-refractivity contribution in [3.05, 3.63) is 34.9 Å². The van der Waals surface area contributed by atoms with Crippen LogP contribution in [0.25, 0.3) is 0 Å². The Morgan fingerprint density at radius 3 is 2.64 bits per heavy atom. The van der Waals surface area contributed by atoms with Crippen LogP contribution in [0, 0.1) is 5.92 Å². The molecule has 2 N–H and O–H groups in total. The lowest BCUT2D eigenvalue weighted by atomic mass is 10.1. The second-order valence-electron chi connectivity index (χ2n) is 4.65. The van der Waals surface area contributed by atoms with Gasteiger partial charge in [-0.2, -0.15) is 0 Å². The molecular weight excluding hydrogens is 417 g/mol. The maximum absolute atomic E-state index is 11.3. The van der Waals surface area contributed by atoms with Crippen molar-refractivity contribution >= 4 is 47.5 Å². The zero-order valence-corrected chi connectivity index (χ0v) is 16.1. The molecule has 0 spiro atoms. The van der Waals surface area contributed by atoms with Crippen molar-refractivity contribution in [2.45, 2.75) is 13.3 Å². The summed E-state index contributed by atoms with van der Waals surface area (Å²) in [4.78, 5) is 15.4. The minimum Gasteiger partial charge on any atom is -0.469 e. The average Bonchev–Trinajstić information content (AvgIpc) is 2.51. The molecule has 1 aromatic rings.